The van der Waals surface area contributed by atoms with Gasteiger partial charge in [0.2, 0.25) is 0 Å². The number of aromatic nitrogens is 2. The Labute approximate surface area is 191 Å². The van der Waals surface area contributed by atoms with Crippen LogP contribution in [0.25, 0.3) is 11.2 Å². The van der Waals surface area contributed by atoms with Crippen molar-refractivity contribution in [3.05, 3.63) is 69.9 Å². The molecule has 33 heavy (non-hydrogen) atoms. The lowest BCUT2D eigenvalue weighted by atomic mass is 9.81. The molecule has 1 atom stereocenters. The van der Waals surface area contributed by atoms with Gasteiger partial charge in [0.1, 0.15) is 0 Å². The van der Waals surface area contributed by atoms with Crippen LogP contribution < -0.4 is 5.69 Å². The highest BCUT2D eigenvalue weighted by Gasteiger charge is 2.34. The van der Waals surface area contributed by atoms with E-state index in [0.717, 1.165) is 37.9 Å². The normalized spacial score (nSPS) is 20.3. The van der Waals surface area contributed by atoms with E-state index in [0.29, 0.717) is 29.6 Å². The number of nitrogens with zero attached hydrogens (tertiary/aromatic N) is 3. The first kappa shape index (κ1) is 22.3. The fourth-order valence-corrected chi connectivity index (χ4v) is 5.30. The zero-order chi connectivity index (χ0) is 23.2. The summed E-state index contributed by atoms with van der Waals surface area (Å²) in [6.07, 6.45) is 5.20. The van der Waals surface area contributed by atoms with Gasteiger partial charge in [0.25, 0.3) is 0 Å². The van der Waals surface area contributed by atoms with Crippen LogP contribution in [0.1, 0.15) is 55.7 Å². The summed E-state index contributed by atoms with van der Waals surface area (Å²) in [5.74, 6) is 1.20. The van der Waals surface area contributed by atoms with Crippen molar-refractivity contribution < 1.29 is 13.2 Å². The molecule has 0 amide bonds. The van der Waals surface area contributed by atoms with Gasteiger partial charge < -0.3 is 0 Å². The van der Waals surface area contributed by atoms with E-state index < -0.39 is 17.4 Å². The predicted molar refractivity (Wildman–Crippen MR) is 123 cm³/mol. The molecule has 0 spiro atoms. The topological polar surface area (TPSA) is 29.7 Å². The zero-order valence-electron chi connectivity index (χ0n) is 18.9. The molecule has 1 aliphatic heterocycles. The number of rotatable bonds is 5. The number of fused-ring (bicyclic) bond motifs is 1. The highest BCUT2D eigenvalue weighted by molar-refractivity contribution is 5.58. The van der Waals surface area contributed by atoms with Gasteiger partial charge in [-0.25, -0.2) is 4.79 Å². The molecule has 0 bridgehead atoms. The van der Waals surface area contributed by atoms with E-state index in [4.69, 9.17) is 0 Å². The first-order valence-corrected chi connectivity index (χ1v) is 11.9. The Morgan fingerprint density at radius 3 is 2.55 bits per heavy atom. The molecule has 3 aromatic rings. The Balaban J connectivity index is 1.54. The van der Waals surface area contributed by atoms with E-state index in [2.05, 4.69) is 11.8 Å². The standard InChI is InChI=1S/C26H30F3N3O/c1-18-5-4-10-30(14-18)15-21-13-23(26(27,28)29)24-17-31(25(33)32(24)16-21)22-9-3-8-20(12-22)11-19-6-2-7-19/h3,8-9,12-13,16-19H,2,4-7,10-11,14-15H2,1H3/t18-/m0/s1. The van der Waals surface area contributed by atoms with Crippen LogP contribution in [0.2, 0.25) is 0 Å². The van der Waals surface area contributed by atoms with Gasteiger partial charge in [0, 0.05) is 25.5 Å². The van der Waals surface area contributed by atoms with Gasteiger partial charge in [-0.2, -0.15) is 13.2 Å². The van der Waals surface area contributed by atoms with Crippen LogP contribution in [0.3, 0.4) is 0 Å². The Hall–Kier alpha value is -2.54. The lowest BCUT2D eigenvalue weighted by Crippen LogP contribution is -2.34. The SMILES string of the molecule is C[C@H]1CCCN(Cc2cc(C(F)(F)F)c3cn(-c4cccc(CC5CCC5)c4)c(=O)n3c2)C1. The van der Waals surface area contributed by atoms with Crippen LogP contribution in [0, 0.1) is 11.8 Å². The molecule has 2 fully saturated rings. The number of halogens is 3. The number of piperidine rings is 1. The number of imidazole rings is 1. The zero-order valence-corrected chi connectivity index (χ0v) is 18.9. The lowest BCUT2D eigenvalue weighted by molar-refractivity contribution is -0.136. The van der Waals surface area contributed by atoms with Crippen molar-refractivity contribution in [3.63, 3.8) is 0 Å². The number of hydrogen-bond donors (Lipinski definition) is 0. The molecule has 4 nitrogen and oxygen atoms in total. The monoisotopic (exact) mass is 457 g/mol. The Morgan fingerprint density at radius 1 is 1.03 bits per heavy atom. The molecule has 0 radical (unpaired) electrons. The molecule has 2 aliphatic rings. The summed E-state index contributed by atoms with van der Waals surface area (Å²) >= 11 is 0. The van der Waals surface area contributed by atoms with Gasteiger partial charge >= 0.3 is 11.9 Å². The van der Waals surface area contributed by atoms with Gasteiger partial charge in [-0.05, 0) is 67.0 Å². The molecule has 1 aliphatic carbocycles. The second-order valence-corrected chi connectivity index (χ2v) is 9.95. The largest absolute Gasteiger partial charge is 0.418 e. The van der Waals surface area contributed by atoms with E-state index in [1.54, 1.807) is 12.3 Å². The Bertz CT molecular complexity index is 1210. The first-order valence-electron chi connectivity index (χ1n) is 11.9. The second-order valence-electron chi connectivity index (χ2n) is 9.95. The molecule has 2 aromatic heterocycles. The van der Waals surface area contributed by atoms with Crippen molar-refractivity contribution in [2.24, 2.45) is 11.8 Å². The molecule has 1 aromatic carbocycles. The highest BCUT2D eigenvalue weighted by atomic mass is 19.4. The quantitative estimate of drug-likeness (QED) is 0.493. The molecule has 0 N–H and O–H groups in total. The Kier molecular flexibility index (Phi) is 5.85. The average Bonchev–Trinajstić information content (AvgIpc) is 3.06. The van der Waals surface area contributed by atoms with E-state index >= 15 is 0 Å². The lowest BCUT2D eigenvalue weighted by Gasteiger charge is -2.31. The number of pyridine rings is 1. The van der Waals surface area contributed by atoms with E-state index in [1.807, 2.05) is 18.2 Å². The Morgan fingerprint density at radius 2 is 1.85 bits per heavy atom. The second kappa shape index (κ2) is 8.67. The molecule has 7 heteroatoms. The van der Waals surface area contributed by atoms with Crippen molar-refractivity contribution in [1.82, 2.24) is 13.9 Å². The fourth-order valence-electron chi connectivity index (χ4n) is 5.30. The van der Waals surface area contributed by atoms with Crippen LogP contribution in [0.4, 0.5) is 13.2 Å². The van der Waals surface area contributed by atoms with Gasteiger partial charge in [0.05, 0.1) is 16.8 Å². The minimum absolute atomic E-state index is 0.104. The molecule has 5 rings (SSSR count). The predicted octanol–water partition coefficient (Wildman–Crippen LogP) is 5.68. The summed E-state index contributed by atoms with van der Waals surface area (Å²) in [5.41, 5.74) is 0.919. The molecular weight excluding hydrogens is 427 g/mol. The van der Waals surface area contributed by atoms with E-state index in [-0.39, 0.29) is 5.52 Å². The van der Waals surface area contributed by atoms with E-state index in [9.17, 15) is 18.0 Å². The van der Waals surface area contributed by atoms with Crippen LogP contribution in [0.5, 0.6) is 0 Å². The van der Waals surface area contributed by atoms with Crippen molar-refractivity contribution in [3.8, 4) is 5.69 Å². The van der Waals surface area contributed by atoms with Gasteiger partial charge in [-0.1, -0.05) is 38.3 Å². The van der Waals surface area contributed by atoms with Gasteiger partial charge in [-0.15, -0.1) is 0 Å². The van der Waals surface area contributed by atoms with Crippen molar-refractivity contribution in [1.29, 1.82) is 0 Å². The maximum atomic E-state index is 14.0. The summed E-state index contributed by atoms with van der Waals surface area (Å²) in [6, 6.07) is 8.84. The van der Waals surface area contributed by atoms with Gasteiger partial charge in [0.15, 0.2) is 0 Å². The van der Waals surface area contributed by atoms with Gasteiger partial charge in [-0.3, -0.25) is 13.9 Å². The number of likely N-dealkylation sites (tertiary alicyclic amines) is 1. The molecule has 0 unspecified atom stereocenters. The van der Waals surface area contributed by atoms with Crippen LogP contribution in [-0.4, -0.2) is 27.0 Å². The van der Waals surface area contributed by atoms with Crippen LogP contribution in [-0.2, 0) is 19.1 Å². The maximum absolute atomic E-state index is 14.0. The summed E-state index contributed by atoms with van der Waals surface area (Å²) in [5, 5.41) is 0. The third kappa shape index (κ3) is 4.60. The van der Waals surface area contributed by atoms with Crippen molar-refractivity contribution >= 4 is 5.52 Å². The summed E-state index contributed by atoms with van der Waals surface area (Å²) in [4.78, 5) is 15.4. The average molecular weight is 458 g/mol. The third-order valence-corrected chi connectivity index (χ3v) is 7.21. The third-order valence-electron chi connectivity index (χ3n) is 7.21. The minimum atomic E-state index is -4.54. The van der Waals surface area contributed by atoms with E-state index in [1.165, 1.54) is 40.5 Å². The highest BCUT2D eigenvalue weighted by Crippen LogP contribution is 2.34. The van der Waals surface area contributed by atoms with Crippen LogP contribution in [0.15, 0.2) is 47.5 Å². The number of hydrogen-bond acceptors (Lipinski definition) is 2. The molecule has 1 saturated carbocycles. The minimum Gasteiger partial charge on any atom is -0.299 e. The van der Waals surface area contributed by atoms with Crippen molar-refractivity contribution in [2.75, 3.05) is 13.1 Å². The molecule has 1 saturated heterocycles. The summed E-state index contributed by atoms with van der Waals surface area (Å²) in [7, 11) is 0. The summed E-state index contributed by atoms with van der Waals surface area (Å²) in [6.45, 7) is 4.31. The smallest absolute Gasteiger partial charge is 0.299 e. The molecule has 3 heterocycles. The maximum Gasteiger partial charge on any atom is 0.418 e. The fraction of sp³-hybridized carbons (Fsp3) is 0.500. The number of alkyl halides is 3. The molecular formula is C26H30F3N3O. The number of benzene rings is 1. The first-order chi connectivity index (χ1) is 15.8. The van der Waals surface area contributed by atoms with Crippen LogP contribution >= 0.6 is 0 Å². The molecule has 176 valence electrons. The van der Waals surface area contributed by atoms with Crippen molar-refractivity contribution in [2.45, 2.75) is 58.2 Å². The summed E-state index contributed by atoms with van der Waals surface area (Å²) < 4.78 is 44.5.